The van der Waals surface area contributed by atoms with Gasteiger partial charge in [-0.25, -0.2) is 0 Å². The summed E-state index contributed by atoms with van der Waals surface area (Å²) < 4.78 is 0. The van der Waals surface area contributed by atoms with Gasteiger partial charge >= 0.3 is 0 Å². The second kappa shape index (κ2) is 10.4. The summed E-state index contributed by atoms with van der Waals surface area (Å²) in [5.41, 5.74) is 4.20. The SMILES string of the molecule is CCCCCc1ccc(C(=O)[C@@H]2[C@H](C(=O)C(C)(C)C)N3c4ccc(C)cc4C=C[C@H]3[C@]23C(=O)Nc2ccccc23)cc1. The van der Waals surface area contributed by atoms with Crippen molar-refractivity contribution in [2.75, 3.05) is 10.2 Å². The zero-order valence-corrected chi connectivity index (χ0v) is 25.2. The highest BCUT2D eigenvalue weighted by molar-refractivity contribution is 6.17. The maximum absolute atomic E-state index is 14.9. The van der Waals surface area contributed by atoms with E-state index in [4.69, 9.17) is 0 Å². The normalized spacial score (nSPS) is 23.9. The van der Waals surface area contributed by atoms with Crippen LogP contribution in [0.25, 0.3) is 6.08 Å². The van der Waals surface area contributed by atoms with Gasteiger partial charge < -0.3 is 10.2 Å². The van der Waals surface area contributed by atoms with Crippen LogP contribution in [0.4, 0.5) is 11.4 Å². The summed E-state index contributed by atoms with van der Waals surface area (Å²) in [5.74, 6) is -1.35. The van der Waals surface area contributed by atoms with Crippen molar-refractivity contribution in [3.63, 3.8) is 0 Å². The molecule has 216 valence electrons. The van der Waals surface area contributed by atoms with Gasteiger partial charge in [-0.3, -0.25) is 14.4 Å². The lowest BCUT2D eigenvalue weighted by Gasteiger charge is -2.38. The van der Waals surface area contributed by atoms with Crippen molar-refractivity contribution in [3.8, 4) is 0 Å². The van der Waals surface area contributed by atoms with Crippen LogP contribution in [0.3, 0.4) is 0 Å². The van der Waals surface area contributed by atoms with E-state index in [-0.39, 0.29) is 17.5 Å². The van der Waals surface area contributed by atoms with Gasteiger partial charge in [-0.1, -0.05) is 107 Å². The van der Waals surface area contributed by atoms with E-state index in [0.717, 1.165) is 41.6 Å². The highest BCUT2D eigenvalue weighted by atomic mass is 16.2. The molecule has 42 heavy (non-hydrogen) atoms. The molecule has 0 bridgehead atoms. The minimum atomic E-state index is -1.27. The average molecular weight is 561 g/mol. The molecule has 1 amide bonds. The number of carbonyl (C=O) groups excluding carboxylic acids is 3. The van der Waals surface area contributed by atoms with Crippen LogP contribution in [-0.2, 0) is 21.4 Å². The van der Waals surface area contributed by atoms with E-state index in [0.29, 0.717) is 11.3 Å². The van der Waals surface area contributed by atoms with Crippen molar-refractivity contribution in [3.05, 3.63) is 101 Å². The number of Topliss-reactive ketones (excluding diaryl/α,β-unsaturated/α-hetero) is 2. The first kappa shape index (κ1) is 28.1. The Kier molecular flexibility index (Phi) is 6.95. The summed E-state index contributed by atoms with van der Waals surface area (Å²) in [4.78, 5) is 46.0. The number of benzene rings is 3. The van der Waals surface area contributed by atoms with E-state index in [1.807, 2.05) is 94.4 Å². The summed E-state index contributed by atoms with van der Waals surface area (Å²) in [5, 5.41) is 3.11. The van der Waals surface area contributed by atoms with Crippen LogP contribution in [-0.4, -0.2) is 29.6 Å². The molecule has 3 aromatic carbocycles. The number of unbranched alkanes of at least 4 members (excludes halogenated alkanes) is 2. The van der Waals surface area contributed by atoms with Crippen LogP contribution < -0.4 is 10.2 Å². The molecule has 3 heterocycles. The predicted octanol–water partition coefficient (Wildman–Crippen LogP) is 7.32. The molecule has 5 nitrogen and oxygen atoms in total. The van der Waals surface area contributed by atoms with Crippen LogP contribution in [0, 0.1) is 18.3 Å². The quantitative estimate of drug-likeness (QED) is 0.243. The third-order valence-electron chi connectivity index (χ3n) is 9.39. The van der Waals surface area contributed by atoms with E-state index >= 15 is 0 Å². The monoisotopic (exact) mass is 560 g/mol. The Labute approximate surface area is 249 Å². The van der Waals surface area contributed by atoms with Gasteiger partial charge in [0.15, 0.2) is 11.6 Å². The number of amides is 1. The molecule has 3 aliphatic rings. The van der Waals surface area contributed by atoms with E-state index in [9.17, 15) is 14.4 Å². The number of para-hydroxylation sites is 1. The van der Waals surface area contributed by atoms with Gasteiger partial charge in [-0.05, 0) is 54.7 Å². The van der Waals surface area contributed by atoms with E-state index in [1.54, 1.807) is 0 Å². The summed E-state index contributed by atoms with van der Waals surface area (Å²) in [7, 11) is 0. The minimum absolute atomic E-state index is 0.0436. The number of anilines is 2. The molecule has 0 radical (unpaired) electrons. The van der Waals surface area contributed by atoms with E-state index in [1.165, 1.54) is 12.0 Å². The smallest absolute Gasteiger partial charge is 0.238 e. The lowest BCUT2D eigenvalue weighted by molar-refractivity contribution is -0.128. The Morgan fingerprint density at radius 1 is 0.976 bits per heavy atom. The van der Waals surface area contributed by atoms with Crippen molar-refractivity contribution in [1.82, 2.24) is 0 Å². The molecule has 6 rings (SSSR count). The average Bonchev–Trinajstić information content (AvgIpc) is 3.44. The fraction of sp³-hybridized carbons (Fsp3) is 0.378. The largest absolute Gasteiger partial charge is 0.352 e. The molecular weight excluding hydrogens is 520 g/mol. The first-order valence-corrected chi connectivity index (χ1v) is 15.2. The number of nitrogens with zero attached hydrogens (tertiary/aromatic N) is 1. The molecule has 0 saturated carbocycles. The third-order valence-corrected chi connectivity index (χ3v) is 9.39. The first-order chi connectivity index (χ1) is 20.1. The van der Waals surface area contributed by atoms with Gasteiger partial charge in [0.1, 0.15) is 11.5 Å². The van der Waals surface area contributed by atoms with Crippen LogP contribution in [0.2, 0.25) is 0 Å². The molecule has 1 spiro atoms. The number of aryl methyl sites for hydroxylation is 2. The van der Waals surface area contributed by atoms with Gasteiger partial charge in [0.2, 0.25) is 5.91 Å². The summed E-state index contributed by atoms with van der Waals surface area (Å²) in [6.45, 7) is 9.94. The highest BCUT2D eigenvalue weighted by Crippen LogP contribution is 2.58. The van der Waals surface area contributed by atoms with Crippen molar-refractivity contribution in [1.29, 1.82) is 0 Å². The first-order valence-electron chi connectivity index (χ1n) is 15.2. The van der Waals surface area contributed by atoms with Gasteiger partial charge in [0.05, 0.1) is 12.0 Å². The lowest BCUT2D eigenvalue weighted by atomic mass is 9.63. The molecule has 3 aromatic rings. The lowest BCUT2D eigenvalue weighted by Crippen LogP contribution is -2.51. The molecule has 0 unspecified atom stereocenters. The Morgan fingerprint density at radius 2 is 1.71 bits per heavy atom. The van der Waals surface area contributed by atoms with Crippen molar-refractivity contribution in [2.45, 2.75) is 77.8 Å². The number of hydrogen-bond donors (Lipinski definition) is 1. The molecule has 1 fully saturated rings. The molecule has 1 saturated heterocycles. The molecule has 4 atom stereocenters. The van der Waals surface area contributed by atoms with Gasteiger partial charge in [0, 0.05) is 22.4 Å². The molecule has 3 aliphatic heterocycles. The predicted molar refractivity (Wildman–Crippen MR) is 169 cm³/mol. The summed E-state index contributed by atoms with van der Waals surface area (Å²) in [6, 6.07) is 20.3. The van der Waals surface area contributed by atoms with Crippen LogP contribution in [0.1, 0.15) is 79.6 Å². The number of hydrogen-bond acceptors (Lipinski definition) is 4. The van der Waals surface area contributed by atoms with Gasteiger partial charge in [0.25, 0.3) is 0 Å². The van der Waals surface area contributed by atoms with Gasteiger partial charge in [-0.15, -0.1) is 0 Å². The number of fused-ring (bicyclic) bond motifs is 6. The number of rotatable bonds is 7. The Bertz CT molecular complexity index is 1600. The van der Waals surface area contributed by atoms with Crippen LogP contribution in [0.5, 0.6) is 0 Å². The minimum Gasteiger partial charge on any atom is -0.352 e. The highest BCUT2D eigenvalue weighted by Gasteiger charge is 2.70. The summed E-state index contributed by atoms with van der Waals surface area (Å²) >= 11 is 0. The summed E-state index contributed by atoms with van der Waals surface area (Å²) in [6.07, 6.45) is 8.49. The molecule has 0 aliphatic carbocycles. The van der Waals surface area contributed by atoms with Crippen LogP contribution in [0.15, 0.2) is 72.8 Å². The van der Waals surface area contributed by atoms with E-state index in [2.05, 4.69) is 29.3 Å². The fourth-order valence-electron chi connectivity index (χ4n) is 7.34. The fourth-order valence-corrected chi connectivity index (χ4v) is 7.34. The molecule has 5 heteroatoms. The Hall–Kier alpha value is -3.99. The van der Waals surface area contributed by atoms with Gasteiger partial charge in [-0.2, -0.15) is 0 Å². The zero-order valence-electron chi connectivity index (χ0n) is 25.2. The topological polar surface area (TPSA) is 66.5 Å². The maximum Gasteiger partial charge on any atom is 0.238 e. The maximum atomic E-state index is 14.9. The zero-order chi connectivity index (χ0) is 29.8. The Balaban J connectivity index is 1.57. The third kappa shape index (κ3) is 4.24. The standard InChI is InChI=1S/C37H40N2O3/c1-6-7-8-11-24-15-17-25(18-16-24)33(40)31-32(34(41)36(3,4)5)39-29-20-14-23(2)22-26(29)19-21-30(39)37(31)27-12-9-10-13-28(27)38-35(37)42/h9-10,12-22,30-32H,6-8,11H2,1-5H3,(H,38,42)/t30-,31-,32+,37-/m0/s1. The number of ketones is 2. The second-order valence-corrected chi connectivity index (χ2v) is 13.2. The molecular formula is C37H40N2O3. The molecule has 1 N–H and O–H groups in total. The number of nitrogens with one attached hydrogen (secondary N) is 1. The Morgan fingerprint density at radius 3 is 2.43 bits per heavy atom. The van der Waals surface area contributed by atoms with E-state index < -0.39 is 28.8 Å². The van der Waals surface area contributed by atoms with Crippen LogP contribution >= 0.6 is 0 Å². The number of carbonyl (C=O) groups is 3. The van der Waals surface area contributed by atoms with Crippen molar-refractivity contribution < 1.29 is 14.4 Å². The van der Waals surface area contributed by atoms with Crippen molar-refractivity contribution >= 4 is 34.9 Å². The molecule has 0 aromatic heterocycles. The van der Waals surface area contributed by atoms with Crippen molar-refractivity contribution in [2.24, 2.45) is 11.3 Å². The second-order valence-electron chi connectivity index (χ2n) is 13.2.